The zero-order chi connectivity index (χ0) is 10.6. The number of esters is 1. The predicted molar refractivity (Wildman–Crippen MR) is 43.1 cm³/mol. The summed E-state index contributed by atoms with van der Waals surface area (Å²) in [5, 5.41) is 8.77. The summed E-state index contributed by atoms with van der Waals surface area (Å²) in [7, 11) is 0. The first-order valence-corrected chi connectivity index (χ1v) is 4.18. The van der Waals surface area contributed by atoms with Crippen LogP contribution in [-0.4, -0.2) is 42.7 Å². The summed E-state index contributed by atoms with van der Waals surface area (Å²) in [4.78, 5) is 21.4. The highest BCUT2D eigenvalue weighted by molar-refractivity contribution is 5.94. The van der Waals surface area contributed by atoms with Crippen LogP contribution in [0.3, 0.4) is 0 Å². The topological polar surface area (TPSA) is 82.1 Å². The largest absolute Gasteiger partial charge is 0.462 e. The minimum Gasteiger partial charge on any atom is -0.462 e. The van der Waals surface area contributed by atoms with E-state index in [1.807, 2.05) is 0 Å². The number of hydrogen-bond donors (Lipinski definition) is 1. The average molecular weight is 204 g/mol. The smallest absolute Gasteiger partial charge is 0.313 e. The molecule has 14 heavy (non-hydrogen) atoms. The molecule has 1 saturated heterocycles. The highest BCUT2D eigenvalue weighted by Gasteiger charge is 2.25. The van der Waals surface area contributed by atoms with E-state index >= 15 is 0 Å². The van der Waals surface area contributed by atoms with Crippen molar-refractivity contribution in [2.45, 2.75) is 25.9 Å². The molecule has 0 aliphatic carbocycles. The van der Waals surface area contributed by atoms with Crippen molar-refractivity contribution in [2.24, 2.45) is 0 Å². The molecule has 0 spiro atoms. The van der Waals surface area contributed by atoms with Gasteiger partial charge in [0.2, 0.25) is 0 Å². The third kappa shape index (κ3) is 3.82. The molecule has 0 radical (unpaired) electrons. The normalized spacial score (nSPS) is 26.1. The summed E-state index contributed by atoms with van der Waals surface area (Å²) in [5.74, 6) is -0.846. The Morgan fingerprint density at radius 2 is 2.29 bits per heavy atom. The molecular formula is C8H12O6. The Kier molecular flexibility index (Phi) is 3.99. The molecule has 80 valence electrons. The average Bonchev–Trinajstić information content (AvgIpc) is 2.47. The number of Topliss-reactive ketones (excluding diaryl/α,β-unsaturated/α-hetero) is 1. The van der Waals surface area contributed by atoms with Crippen LogP contribution in [0.25, 0.3) is 0 Å². The van der Waals surface area contributed by atoms with Gasteiger partial charge in [0, 0.05) is 0 Å². The van der Waals surface area contributed by atoms with Crippen molar-refractivity contribution < 1.29 is 28.9 Å². The molecule has 0 amide bonds. The molecule has 1 heterocycles. The van der Waals surface area contributed by atoms with Gasteiger partial charge in [-0.05, 0) is 6.92 Å². The highest BCUT2D eigenvalue weighted by atomic mass is 16.8. The van der Waals surface area contributed by atoms with Crippen LogP contribution in [0, 0.1) is 0 Å². The van der Waals surface area contributed by atoms with Crippen LogP contribution in [0.5, 0.6) is 0 Å². The van der Waals surface area contributed by atoms with Crippen LogP contribution in [0.2, 0.25) is 0 Å². The first-order chi connectivity index (χ1) is 6.58. The summed E-state index contributed by atoms with van der Waals surface area (Å²) in [6, 6.07) is 0. The Balaban J connectivity index is 2.14. The molecule has 1 aliphatic rings. The second-order valence-corrected chi connectivity index (χ2v) is 2.96. The molecule has 2 unspecified atom stereocenters. The van der Waals surface area contributed by atoms with Crippen LogP contribution in [0.1, 0.15) is 13.3 Å². The molecular weight excluding hydrogens is 192 g/mol. The van der Waals surface area contributed by atoms with E-state index in [1.54, 1.807) is 0 Å². The number of aliphatic hydroxyl groups excluding tert-OH is 1. The minimum absolute atomic E-state index is 0.0107. The SMILES string of the molecule is CC(=O)CC(=O)OCC1COC(O)O1. The van der Waals surface area contributed by atoms with Gasteiger partial charge in [0.05, 0.1) is 6.61 Å². The maximum absolute atomic E-state index is 10.9. The van der Waals surface area contributed by atoms with E-state index in [4.69, 9.17) is 14.6 Å². The lowest BCUT2D eigenvalue weighted by atomic mass is 10.3. The van der Waals surface area contributed by atoms with E-state index in [9.17, 15) is 9.59 Å². The zero-order valence-corrected chi connectivity index (χ0v) is 7.76. The van der Waals surface area contributed by atoms with Crippen molar-refractivity contribution >= 4 is 11.8 Å². The van der Waals surface area contributed by atoms with Crippen molar-refractivity contribution in [2.75, 3.05) is 13.2 Å². The molecule has 1 aliphatic heterocycles. The fourth-order valence-corrected chi connectivity index (χ4v) is 0.960. The molecule has 2 atom stereocenters. The zero-order valence-electron chi connectivity index (χ0n) is 7.76. The van der Waals surface area contributed by atoms with Crippen LogP contribution in [0.15, 0.2) is 0 Å². The van der Waals surface area contributed by atoms with Crippen molar-refractivity contribution in [1.82, 2.24) is 0 Å². The number of rotatable bonds is 4. The predicted octanol–water partition coefficient (Wildman–Crippen LogP) is -0.800. The lowest BCUT2D eigenvalue weighted by Crippen LogP contribution is -2.22. The van der Waals surface area contributed by atoms with Crippen LogP contribution in [0.4, 0.5) is 0 Å². The van der Waals surface area contributed by atoms with E-state index in [0.29, 0.717) is 0 Å². The fourth-order valence-electron chi connectivity index (χ4n) is 0.960. The number of hydrogen-bond acceptors (Lipinski definition) is 6. The van der Waals surface area contributed by atoms with Crippen molar-refractivity contribution in [1.29, 1.82) is 0 Å². The van der Waals surface area contributed by atoms with E-state index in [1.165, 1.54) is 6.92 Å². The summed E-state index contributed by atoms with van der Waals surface area (Å²) in [5.41, 5.74) is 0. The molecule has 6 heteroatoms. The van der Waals surface area contributed by atoms with Gasteiger partial charge in [-0.1, -0.05) is 0 Å². The minimum atomic E-state index is -1.24. The van der Waals surface area contributed by atoms with E-state index in [0.717, 1.165) is 0 Å². The molecule has 1 rings (SSSR count). The van der Waals surface area contributed by atoms with Crippen LogP contribution < -0.4 is 0 Å². The lowest BCUT2D eigenvalue weighted by molar-refractivity contribution is -0.208. The molecule has 1 fully saturated rings. The Hall–Kier alpha value is -0.980. The molecule has 0 aromatic carbocycles. The third-order valence-corrected chi connectivity index (χ3v) is 1.56. The molecule has 0 bridgehead atoms. The quantitative estimate of drug-likeness (QED) is 0.477. The van der Waals surface area contributed by atoms with E-state index in [2.05, 4.69) is 4.74 Å². The van der Waals surface area contributed by atoms with E-state index in [-0.39, 0.29) is 25.4 Å². The number of carbonyl (C=O) groups is 2. The number of ether oxygens (including phenoxy) is 3. The first-order valence-electron chi connectivity index (χ1n) is 4.18. The summed E-state index contributed by atoms with van der Waals surface area (Å²) < 4.78 is 14.2. The Morgan fingerprint density at radius 1 is 1.57 bits per heavy atom. The second-order valence-electron chi connectivity index (χ2n) is 2.96. The molecule has 0 aromatic heterocycles. The highest BCUT2D eigenvalue weighted by Crippen LogP contribution is 2.09. The van der Waals surface area contributed by atoms with Gasteiger partial charge in [0.1, 0.15) is 24.9 Å². The Bertz CT molecular complexity index is 226. The molecule has 6 nitrogen and oxygen atoms in total. The first kappa shape index (κ1) is 11.1. The second kappa shape index (κ2) is 5.04. The number of ketones is 1. The van der Waals surface area contributed by atoms with Crippen LogP contribution >= 0.6 is 0 Å². The lowest BCUT2D eigenvalue weighted by Gasteiger charge is -2.08. The van der Waals surface area contributed by atoms with Crippen LogP contribution in [-0.2, 0) is 23.8 Å². The molecule has 0 aromatic rings. The van der Waals surface area contributed by atoms with Crippen molar-refractivity contribution in [3.8, 4) is 0 Å². The van der Waals surface area contributed by atoms with Gasteiger partial charge in [-0.3, -0.25) is 9.59 Å². The van der Waals surface area contributed by atoms with Crippen molar-refractivity contribution in [3.05, 3.63) is 0 Å². The van der Waals surface area contributed by atoms with Gasteiger partial charge >= 0.3 is 5.97 Å². The van der Waals surface area contributed by atoms with Gasteiger partial charge in [-0.25, -0.2) is 0 Å². The van der Waals surface area contributed by atoms with Gasteiger partial charge < -0.3 is 19.3 Å². The summed E-state index contributed by atoms with van der Waals surface area (Å²) >= 11 is 0. The molecule has 0 saturated carbocycles. The molecule has 1 N–H and O–H groups in total. The van der Waals surface area contributed by atoms with Gasteiger partial charge in [-0.2, -0.15) is 0 Å². The maximum atomic E-state index is 10.9. The summed E-state index contributed by atoms with van der Waals surface area (Å²) in [6.07, 6.45) is -0.697. The van der Waals surface area contributed by atoms with E-state index < -0.39 is 18.5 Å². The standard InChI is InChI=1S/C8H12O6/c1-5(9)2-7(10)12-3-6-4-13-8(11)14-6/h6,8,11H,2-4H2,1H3. The monoisotopic (exact) mass is 204 g/mol. The van der Waals surface area contributed by atoms with Gasteiger partial charge in [0.25, 0.3) is 6.48 Å². The van der Waals surface area contributed by atoms with Crippen molar-refractivity contribution in [3.63, 3.8) is 0 Å². The number of carbonyl (C=O) groups excluding carboxylic acids is 2. The third-order valence-electron chi connectivity index (χ3n) is 1.56. The van der Waals surface area contributed by atoms with Gasteiger partial charge in [-0.15, -0.1) is 0 Å². The summed E-state index contributed by atoms with van der Waals surface area (Å²) in [6.45, 7) is 0.226. The fraction of sp³-hybridized carbons (Fsp3) is 0.750. The Morgan fingerprint density at radius 3 is 2.79 bits per heavy atom. The Labute approximate surface area is 80.7 Å². The maximum Gasteiger partial charge on any atom is 0.313 e. The van der Waals surface area contributed by atoms with Gasteiger partial charge in [0.15, 0.2) is 0 Å². The number of aliphatic hydroxyl groups is 1.